The molecular weight excluding hydrogens is 332 g/mol. The van der Waals surface area contributed by atoms with E-state index in [0.29, 0.717) is 17.0 Å². The molecule has 0 amide bonds. The van der Waals surface area contributed by atoms with E-state index in [1.54, 1.807) is 23.5 Å². The van der Waals surface area contributed by atoms with Crippen LogP contribution in [0, 0.1) is 0 Å². The second-order valence-corrected chi connectivity index (χ2v) is 6.52. The number of aryl methyl sites for hydroxylation is 1. The van der Waals surface area contributed by atoms with E-state index in [1.807, 2.05) is 12.1 Å². The van der Waals surface area contributed by atoms with E-state index in [2.05, 4.69) is 28.9 Å². The fraction of sp³-hybridized carbons (Fsp3) is 0.214. The van der Waals surface area contributed by atoms with E-state index in [-0.39, 0.29) is 5.78 Å². The van der Waals surface area contributed by atoms with Gasteiger partial charge in [0.1, 0.15) is 0 Å². The topological polar surface area (TPSA) is 17.1 Å². The van der Waals surface area contributed by atoms with Crippen molar-refractivity contribution in [3.8, 4) is 0 Å². The molecule has 0 aliphatic rings. The fourth-order valence-corrected chi connectivity index (χ4v) is 3.21. The zero-order valence-electron chi connectivity index (χ0n) is 9.87. The molecule has 0 radical (unpaired) electrons. The number of Topliss-reactive ketones (excluding diaryl/α,β-unsaturated/α-hetero) is 1. The Balaban J connectivity index is 2.19. The van der Waals surface area contributed by atoms with Crippen LogP contribution in [0.3, 0.4) is 0 Å². The number of ketones is 1. The van der Waals surface area contributed by atoms with Gasteiger partial charge < -0.3 is 0 Å². The maximum Gasteiger partial charge on any atom is 0.169 e. The van der Waals surface area contributed by atoms with Crippen LogP contribution in [0.4, 0.5) is 0 Å². The summed E-state index contributed by atoms with van der Waals surface area (Å²) in [5, 5.41) is 0.510. The Bertz CT molecular complexity index is 577. The second-order valence-electron chi connectivity index (χ2n) is 3.95. The molecule has 4 heteroatoms. The zero-order valence-corrected chi connectivity index (χ0v) is 13.0. The predicted octanol–water partition coefficient (Wildman–Crippen LogP) is 5.15. The molecule has 1 heterocycles. The monoisotopic (exact) mass is 342 g/mol. The third-order valence-corrected chi connectivity index (χ3v) is 4.68. The molecule has 94 valence electrons. The van der Waals surface area contributed by atoms with Crippen molar-refractivity contribution in [2.75, 3.05) is 0 Å². The highest BCUT2D eigenvalue weighted by molar-refractivity contribution is 9.10. The van der Waals surface area contributed by atoms with Gasteiger partial charge in [-0.3, -0.25) is 4.79 Å². The summed E-state index contributed by atoms with van der Waals surface area (Å²) in [6, 6.07) is 9.45. The summed E-state index contributed by atoms with van der Waals surface area (Å²) >= 11 is 11.1. The Hall–Kier alpha value is -0.640. The van der Waals surface area contributed by atoms with E-state index in [1.165, 1.54) is 4.88 Å². The summed E-state index contributed by atoms with van der Waals surface area (Å²) < 4.78 is 0.871. The van der Waals surface area contributed by atoms with Gasteiger partial charge in [-0.2, -0.15) is 0 Å². The third kappa shape index (κ3) is 3.22. The molecule has 0 bridgehead atoms. The van der Waals surface area contributed by atoms with Gasteiger partial charge in [-0.15, -0.1) is 11.3 Å². The number of halogens is 2. The minimum atomic E-state index is 0.0609. The minimum absolute atomic E-state index is 0.0609. The van der Waals surface area contributed by atoms with Crippen LogP contribution in [-0.2, 0) is 12.8 Å². The largest absolute Gasteiger partial charge is 0.294 e. The highest BCUT2D eigenvalue weighted by atomic mass is 79.9. The first-order valence-electron chi connectivity index (χ1n) is 5.66. The Morgan fingerprint density at radius 3 is 2.67 bits per heavy atom. The quantitative estimate of drug-likeness (QED) is 0.701. The molecular formula is C14H12BrClOS. The van der Waals surface area contributed by atoms with Gasteiger partial charge in [0.2, 0.25) is 0 Å². The summed E-state index contributed by atoms with van der Waals surface area (Å²) in [5.74, 6) is 0.0609. The number of hydrogen-bond acceptors (Lipinski definition) is 2. The first kappa shape index (κ1) is 13.8. The Morgan fingerprint density at radius 1 is 1.28 bits per heavy atom. The summed E-state index contributed by atoms with van der Waals surface area (Å²) in [6.07, 6.45) is 1.43. The van der Waals surface area contributed by atoms with Crippen LogP contribution < -0.4 is 0 Å². The molecule has 2 aromatic rings. The molecule has 0 saturated heterocycles. The molecule has 2 rings (SSSR count). The van der Waals surface area contributed by atoms with Crippen LogP contribution in [-0.4, -0.2) is 5.78 Å². The Labute approximate surface area is 124 Å². The van der Waals surface area contributed by atoms with Crippen LogP contribution in [0.2, 0.25) is 5.02 Å². The maximum atomic E-state index is 12.2. The van der Waals surface area contributed by atoms with Crippen LogP contribution in [0.15, 0.2) is 34.8 Å². The van der Waals surface area contributed by atoms with Crippen LogP contribution >= 0.6 is 38.9 Å². The lowest BCUT2D eigenvalue weighted by Crippen LogP contribution is -2.03. The van der Waals surface area contributed by atoms with Crippen molar-refractivity contribution in [2.24, 2.45) is 0 Å². The lowest BCUT2D eigenvalue weighted by atomic mass is 10.1. The normalized spacial score (nSPS) is 10.6. The van der Waals surface area contributed by atoms with Gasteiger partial charge in [0.15, 0.2) is 5.78 Å². The van der Waals surface area contributed by atoms with Crippen molar-refractivity contribution in [2.45, 2.75) is 19.8 Å². The SMILES string of the molecule is CCc1ccc(CC(=O)c2cc(Br)ccc2Cl)s1. The number of rotatable bonds is 4. The number of carbonyl (C=O) groups excluding carboxylic acids is 1. The van der Waals surface area contributed by atoms with E-state index >= 15 is 0 Å². The average molecular weight is 344 g/mol. The molecule has 0 atom stereocenters. The standard InChI is InChI=1S/C14H12BrClOS/c1-2-10-4-5-11(18-10)8-14(17)12-7-9(15)3-6-13(12)16/h3-7H,2,8H2,1H3. The first-order valence-corrected chi connectivity index (χ1v) is 7.64. The van der Waals surface area contributed by atoms with Gasteiger partial charge in [0, 0.05) is 26.2 Å². The van der Waals surface area contributed by atoms with Crippen LogP contribution in [0.25, 0.3) is 0 Å². The van der Waals surface area contributed by atoms with Crippen molar-refractivity contribution < 1.29 is 4.79 Å². The van der Waals surface area contributed by atoms with Crippen LogP contribution in [0.1, 0.15) is 27.0 Å². The highest BCUT2D eigenvalue weighted by Gasteiger charge is 2.12. The molecule has 1 nitrogen and oxygen atoms in total. The average Bonchev–Trinajstić information content (AvgIpc) is 2.80. The lowest BCUT2D eigenvalue weighted by molar-refractivity contribution is 0.0994. The van der Waals surface area contributed by atoms with Gasteiger partial charge in [-0.25, -0.2) is 0 Å². The molecule has 0 saturated carbocycles. The van der Waals surface area contributed by atoms with Gasteiger partial charge in [0.05, 0.1) is 5.02 Å². The van der Waals surface area contributed by atoms with E-state index in [9.17, 15) is 4.79 Å². The van der Waals surface area contributed by atoms with Gasteiger partial charge >= 0.3 is 0 Å². The van der Waals surface area contributed by atoms with Crippen LogP contribution in [0.5, 0.6) is 0 Å². The molecule has 0 spiro atoms. The zero-order chi connectivity index (χ0) is 13.1. The molecule has 0 N–H and O–H groups in total. The summed E-state index contributed by atoms with van der Waals surface area (Å²) in [6.45, 7) is 2.11. The smallest absolute Gasteiger partial charge is 0.169 e. The highest BCUT2D eigenvalue weighted by Crippen LogP contribution is 2.24. The van der Waals surface area contributed by atoms with Gasteiger partial charge in [-0.1, -0.05) is 34.5 Å². The number of carbonyl (C=O) groups is 1. The van der Waals surface area contributed by atoms with E-state index in [4.69, 9.17) is 11.6 Å². The fourth-order valence-electron chi connectivity index (χ4n) is 1.67. The van der Waals surface area contributed by atoms with Crippen molar-refractivity contribution >= 4 is 44.7 Å². The van der Waals surface area contributed by atoms with Crippen molar-refractivity contribution in [3.05, 3.63) is 55.1 Å². The molecule has 0 unspecified atom stereocenters. The van der Waals surface area contributed by atoms with Crippen molar-refractivity contribution in [1.82, 2.24) is 0 Å². The van der Waals surface area contributed by atoms with Crippen molar-refractivity contribution in [1.29, 1.82) is 0 Å². The number of benzene rings is 1. The van der Waals surface area contributed by atoms with E-state index < -0.39 is 0 Å². The minimum Gasteiger partial charge on any atom is -0.294 e. The first-order chi connectivity index (χ1) is 8.60. The van der Waals surface area contributed by atoms with Gasteiger partial charge in [-0.05, 0) is 36.8 Å². The maximum absolute atomic E-state index is 12.2. The molecule has 18 heavy (non-hydrogen) atoms. The van der Waals surface area contributed by atoms with Crippen molar-refractivity contribution in [3.63, 3.8) is 0 Å². The molecule has 0 aliphatic heterocycles. The molecule has 0 aliphatic carbocycles. The molecule has 0 fully saturated rings. The third-order valence-electron chi connectivity index (χ3n) is 2.63. The van der Waals surface area contributed by atoms with Gasteiger partial charge in [0.25, 0.3) is 0 Å². The number of thiophene rings is 1. The molecule has 1 aromatic heterocycles. The Kier molecular flexibility index (Phi) is 4.60. The lowest BCUT2D eigenvalue weighted by Gasteiger charge is -2.03. The Morgan fingerprint density at radius 2 is 2.00 bits per heavy atom. The van der Waals surface area contributed by atoms with E-state index in [0.717, 1.165) is 15.8 Å². The number of hydrogen-bond donors (Lipinski definition) is 0. The predicted molar refractivity (Wildman–Crippen MR) is 80.9 cm³/mol. The summed E-state index contributed by atoms with van der Waals surface area (Å²) in [4.78, 5) is 14.6. The summed E-state index contributed by atoms with van der Waals surface area (Å²) in [7, 11) is 0. The second kappa shape index (κ2) is 6.00. The summed E-state index contributed by atoms with van der Waals surface area (Å²) in [5.41, 5.74) is 0.581. The molecule has 1 aromatic carbocycles.